The molecule has 0 unspecified atom stereocenters. The van der Waals surface area contributed by atoms with Crippen LogP contribution in [0.25, 0.3) is 0 Å². The van der Waals surface area contributed by atoms with Gasteiger partial charge in [-0.1, -0.05) is 6.92 Å². The van der Waals surface area contributed by atoms with Crippen LogP contribution >= 0.6 is 15.9 Å². The van der Waals surface area contributed by atoms with Gasteiger partial charge in [-0.3, -0.25) is 0 Å². The lowest BCUT2D eigenvalue weighted by Gasteiger charge is -2.07. The van der Waals surface area contributed by atoms with Gasteiger partial charge in [0.05, 0.1) is 11.1 Å². The zero-order valence-corrected chi connectivity index (χ0v) is 11.0. The number of ether oxygens (including phenoxy) is 1. The van der Waals surface area contributed by atoms with E-state index in [1.807, 2.05) is 0 Å². The van der Waals surface area contributed by atoms with Crippen molar-refractivity contribution in [1.29, 1.82) is 0 Å². The zero-order chi connectivity index (χ0) is 11.8. The van der Waals surface area contributed by atoms with E-state index < -0.39 is 0 Å². The Bertz CT molecular complexity index is 320. The predicted molar refractivity (Wildman–Crippen MR) is 67.4 cm³/mol. The first-order valence-corrected chi connectivity index (χ1v) is 6.32. The third kappa shape index (κ3) is 4.94. The molecule has 0 aromatic heterocycles. The highest BCUT2D eigenvalue weighted by atomic mass is 79.9. The van der Waals surface area contributed by atoms with Gasteiger partial charge >= 0.3 is 0 Å². The van der Waals surface area contributed by atoms with Crippen molar-refractivity contribution in [3.8, 4) is 5.75 Å². The molecule has 0 heterocycles. The quantitative estimate of drug-likeness (QED) is 0.777. The number of halogens is 2. The first kappa shape index (κ1) is 13.5. The van der Waals surface area contributed by atoms with Gasteiger partial charge in [-0.05, 0) is 60.1 Å². The van der Waals surface area contributed by atoms with Crippen LogP contribution in [0.3, 0.4) is 0 Å². The Morgan fingerprint density at radius 2 is 2.19 bits per heavy atom. The molecule has 0 aliphatic carbocycles. The molecule has 1 aromatic carbocycles. The molecule has 0 spiro atoms. The first-order chi connectivity index (χ1) is 7.74. The SMILES string of the molecule is CCCNCCCOc1ccc(F)c(Br)c1. The van der Waals surface area contributed by atoms with Crippen LogP contribution in [-0.2, 0) is 0 Å². The number of hydrogen-bond donors (Lipinski definition) is 1. The van der Waals surface area contributed by atoms with Crippen LogP contribution < -0.4 is 10.1 Å². The number of hydrogen-bond acceptors (Lipinski definition) is 2. The van der Waals surface area contributed by atoms with Crippen molar-refractivity contribution in [2.75, 3.05) is 19.7 Å². The summed E-state index contributed by atoms with van der Waals surface area (Å²) in [5, 5.41) is 3.29. The lowest BCUT2D eigenvalue weighted by molar-refractivity contribution is 0.307. The second kappa shape index (κ2) is 7.63. The molecule has 0 fully saturated rings. The second-order valence-electron chi connectivity index (χ2n) is 3.53. The Kier molecular flexibility index (Phi) is 6.42. The van der Waals surface area contributed by atoms with E-state index in [0.717, 1.165) is 25.9 Å². The molecule has 2 nitrogen and oxygen atoms in total. The lowest BCUT2D eigenvalue weighted by atomic mass is 10.3. The Morgan fingerprint density at radius 1 is 1.38 bits per heavy atom. The van der Waals surface area contributed by atoms with E-state index in [-0.39, 0.29) is 5.82 Å². The Labute approximate surface area is 104 Å². The summed E-state index contributed by atoms with van der Waals surface area (Å²) in [5.41, 5.74) is 0. The summed E-state index contributed by atoms with van der Waals surface area (Å²) < 4.78 is 18.8. The summed E-state index contributed by atoms with van der Waals surface area (Å²) in [6.45, 7) is 4.78. The average Bonchev–Trinajstić information content (AvgIpc) is 2.28. The van der Waals surface area contributed by atoms with Crippen molar-refractivity contribution in [2.45, 2.75) is 19.8 Å². The fraction of sp³-hybridized carbons (Fsp3) is 0.500. The maximum Gasteiger partial charge on any atom is 0.137 e. The smallest absolute Gasteiger partial charge is 0.137 e. The van der Waals surface area contributed by atoms with Gasteiger partial charge in [-0.2, -0.15) is 0 Å². The van der Waals surface area contributed by atoms with E-state index in [0.29, 0.717) is 16.8 Å². The molecule has 16 heavy (non-hydrogen) atoms. The van der Waals surface area contributed by atoms with Crippen molar-refractivity contribution < 1.29 is 9.13 Å². The fourth-order valence-corrected chi connectivity index (χ4v) is 1.61. The van der Waals surface area contributed by atoms with Crippen molar-refractivity contribution in [2.24, 2.45) is 0 Å². The highest BCUT2D eigenvalue weighted by molar-refractivity contribution is 9.10. The summed E-state index contributed by atoms with van der Waals surface area (Å²) in [5.74, 6) is 0.431. The van der Waals surface area contributed by atoms with Crippen LogP contribution in [0.1, 0.15) is 19.8 Å². The molecule has 0 radical (unpaired) electrons. The van der Waals surface area contributed by atoms with E-state index in [1.165, 1.54) is 6.07 Å². The van der Waals surface area contributed by atoms with Crippen molar-refractivity contribution >= 4 is 15.9 Å². The standard InChI is InChI=1S/C12H17BrFNO/c1-2-6-15-7-3-8-16-10-4-5-12(14)11(13)9-10/h4-5,9,15H,2-3,6-8H2,1H3. The van der Waals surface area contributed by atoms with Crippen LogP contribution in [0.2, 0.25) is 0 Å². The van der Waals surface area contributed by atoms with Gasteiger partial charge < -0.3 is 10.1 Å². The van der Waals surface area contributed by atoms with Gasteiger partial charge in [0, 0.05) is 0 Å². The van der Waals surface area contributed by atoms with Gasteiger partial charge in [0.1, 0.15) is 11.6 Å². The van der Waals surface area contributed by atoms with E-state index in [1.54, 1.807) is 12.1 Å². The molecule has 1 N–H and O–H groups in total. The Morgan fingerprint density at radius 3 is 2.88 bits per heavy atom. The predicted octanol–water partition coefficient (Wildman–Crippen LogP) is 3.36. The molecule has 0 aliphatic heterocycles. The van der Waals surface area contributed by atoms with Crippen molar-refractivity contribution in [1.82, 2.24) is 5.32 Å². The minimum absolute atomic E-state index is 0.267. The summed E-state index contributed by atoms with van der Waals surface area (Å²) in [7, 11) is 0. The lowest BCUT2D eigenvalue weighted by Crippen LogP contribution is -2.18. The normalized spacial score (nSPS) is 10.4. The van der Waals surface area contributed by atoms with Gasteiger partial charge in [0.15, 0.2) is 0 Å². The highest BCUT2D eigenvalue weighted by Crippen LogP contribution is 2.21. The molecule has 0 aliphatic rings. The summed E-state index contributed by atoms with van der Waals surface area (Å²) in [6.07, 6.45) is 2.10. The number of benzene rings is 1. The van der Waals surface area contributed by atoms with E-state index >= 15 is 0 Å². The molecular weight excluding hydrogens is 273 g/mol. The topological polar surface area (TPSA) is 21.3 Å². The average molecular weight is 290 g/mol. The van der Waals surface area contributed by atoms with Gasteiger partial charge in [0.2, 0.25) is 0 Å². The van der Waals surface area contributed by atoms with Crippen LogP contribution in [0.15, 0.2) is 22.7 Å². The maximum atomic E-state index is 12.9. The molecular formula is C12H17BrFNO. The number of nitrogens with one attached hydrogen (secondary N) is 1. The van der Waals surface area contributed by atoms with Crippen molar-refractivity contribution in [3.63, 3.8) is 0 Å². The monoisotopic (exact) mass is 289 g/mol. The van der Waals surface area contributed by atoms with Gasteiger partial charge in [0.25, 0.3) is 0 Å². The largest absolute Gasteiger partial charge is 0.494 e. The third-order valence-electron chi connectivity index (χ3n) is 2.08. The van der Waals surface area contributed by atoms with Crippen LogP contribution in [-0.4, -0.2) is 19.7 Å². The minimum Gasteiger partial charge on any atom is -0.494 e. The van der Waals surface area contributed by atoms with Gasteiger partial charge in [-0.25, -0.2) is 4.39 Å². The molecule has 1 aromatic rings. The molecule has 0 bridgehead atoms. The summed E-state index contributed by atoms with van der Waals surface area (Å²) in [6, 6.07) is 4.68. The maximum absolute atomic E-state index is 12.9. The van der Waals surface area contributed by atoms with E-state index in [4.69, 9.17) is 4.74 Å². The highest BCUT2D eigenvalue weighted by Gasteiger charge is 2.00. The van der Waals surface area contributed by atoms with Gasteiger partial charge in [-0.15, -0.1) is 0 Å². The zero-order valence-electron chi connectivity index (χ0n) is 9.43. The van der Waals surface area contributed by atoms with Crippen LogP contribution in [0.4, 0.5) is 4.39 Å². The molecule has 1 rings (SSSR count). The van der Waals surface area contributed by atoms with Crippen molar-refractivity contribution in [3.05, 3.63) is 28.5 Å². The molecule has 0 saturated heterocycles. The summed E-state index contributed by atoms with van der Waals surface area (Å²) >= 11 is 3.12. The van der Waals surface area contributed by atoms with Crippen LogP contribution in [0.5, 0.6) is 5.75 Å². The molecule has 0 atom stereocenters. The van der Waals surface area contributed by atoms with E-state index in [2.05, 4.69) is 28.2 Å². The first-order valence-electron chi connectivity index (χ1n) is 5.52. The third-order valence-corrected chi connectivity index (χ3v) is 2.69. The Hall–Kier alpha value is -0.610. The molecule has 0 amide bonds. The minimum atomic E-state index is -0.267. The molecule has 0 saturated carbocycles. The molecule has 4 heteroatoms. The fourth-order valence-electron chi connectivity index (χ4n) is 1.26. The summed E-state index contributed by atoms with van der Waals surface area (Å²) in [4.78, 5) is 0. The van der Waals surface area contributed by atoms with Crippen LogP contribution in [0, 0.1) is 5.82 Å². The molecule has 90 valence electrons. The number of rotatable bonds is 7. The Balaban J connectivity index is 2.19. The van der Waals surface area contributed by atoms with E-state index in [9.17, 15) is 4.39 Å². The second-order valence-corrected chi connectivity index (χ2v) is 4.38.